The van der Waals surface area contributed by atoms with Crippen LogP contribution in [0, 0.1) is 6.92 Å². The minimum Gasteiger partial charge on any atom is -0.381 e. The molecule has 1 aromatic heterocycles. The second-order valence-corrected chi connectivity index (χ2v) is 4.57. The Kier molecular flexibility index (Phi) is 3.29. The first-order valence-electron chi connectivity index (χ1n) is 4.43. The van der Waals surface area contributed by atoms with E-state index in [2.05, 4.69) is 5.32 Å². The van der Waals surface area contributed by atoms with Gasteiger partial charge in [0, 0.05) is 6.54 Å². The second kappa shape index (κ2) is 4.11. The van der Waals surface area contributed by atoms with Crippen molar-refractivity contribution in [2.24, 2.45) is 0 Å². The number of amides is 1. The number of aryl methyl sites for hydroxylation is 1. The van der Waals surface area contributed by atoms with E-state index in [0.717, 1.165) is 5.56 Å². The first-order chi connectivity index (χ1) is 6.41. The lowest BCUT2D eigenvalue weighted by atomic mass is 10.1. The molecule has 2 N–H and O–H groups in total. The molecule has 78 valence electrons. The molecule has 0 bridgehead atoms. The van der Waals surface area contributed by atoms with Crippen LogP contribution in [-0.2, 0) is 11.3 Å². The second-order valence-electron chi connectivity index (χ2n) is 3.82. The average molecular weight is 213 g/mol. The van der Waals surface area contributed by atoms with Crippen LogP contribution in [0.25, 0.3) is 0 Å². The molecule has 0 atom stereocenters. The standard InChI is InChI=1S/C10H15NO2S/c1-7-5-14-6-8(7)4-11-9(12)10(2,3)13/h5-6,13H,4H2,1-3H3,(H,11,12). The van der Waals surface area contributed by atoms with Crippen LogP contribution in [0.2, 0.25) is 0 Å². The number of carbonyl (C=O) groups excluding carboxylic acids is 1. The Hall–Kier alpha value is -0.870. The summed E-state index contributed by atoms with van der Waals surface area (Å²) in [5.41, 5.74) is 0.975. The largest absolute Gasteiger partial charge is 0.381 e. The zero-order valence-electron chi connectivity index (χ0n) is 8.63. The number of nitrogens with one attached hydrogen (secondary N) is 1. The van der Waals surface area contributed by atoms with Gasteiger partial charge in [-0.2, -0.15) is 11.3 Å². The van der Waals surface area contributed by atoms with Gasteiger partial charge < -0.3 is 10.4 Å². The van der Waals surface area contributed by atoms with Gasteiger partial charge in [-0.25, -0.2) is 0 Å². The van der Waals surface area contributed by atoms with E-state index in [-0.39, 0.29) is 5.91 Å². The third-order valence-electron chi connectivity index (χ3n) is 1.96. The summed E-state index contributed by atoms with van der Waals surface area (Å²) < 4.78 is 0. The van der Waals surface area contributed by atoms with Gasteiger partial charge in [0.1, 0.15) is 5.60 Å². The van der Waals surface area contributed by atoms with Gasteiger partial charge in [0.05, 0.1) is 0 Å². The fourth-order valence-electron chi connectivity index (χ4n) is 0.960. The van der Waals surface area contributed by atoms with Crippen LogP contribution in [0.3, 0.4) is 0 Å². The molecular formula is C10H15NO2S. The Morgan fingerprint density at radius 3 is 2.64 bits per heavy atom. The van der Waals surface area contributed by atoms with Gasteiger partial charge in [0.2, 0.25) is 0 Å². The van der Waals surface area contributed by atoms with Gasteiger partial charge in [-0.05, 0) is 42.7 Å². The van der Waals surface area contributed by atoms with E-state index in [1.54, 1.807) is 11.3 Å². The Bertz CT molecular complexity index is 325. The van der Waals surface area contributed by atoms with Gasteiger partial charge in [0.25, 0.3) is 5.91 Å². The van der Waals surface area contributed by atoms with Crippen LogP contribution < -0.4 is 5.32 Å². The minimum atomic E-state index is -1.30. The normalized spacial score (nSPS) is 11.4. The van der Waals surface area contributed by atoms with Gasteiger partial charge >= 0.3 is 0 Å². The molecule has 0 aliphatic carbocycles. The smallest absolute Gasteiger partial charge is 0.251 e. The molecule has 1 amide bonds. The molecule has 14 heavy (non-hydrogen) atoms. The van der Waals surface area contributed by atoms with Crippen molar-refractivity contribution in [3.05, 3.63) is 21.9 Å². The Morgan fingerprint density at radius 1 is 1.57 bits per heavy atom. The Morgan fingerprint density at radius 2 is 2.21 bits per heavy atom. The summed E-state index contributed by atoms with van der Waals surface area (Å²) >= 11 is 1.61. The predicted octanol–water partition coefficient (Wildman–Crippen LogP) is 1.44. The van der Waals surface area contributed by atoms with E-state index in [1.807, 2.05) is 17.7 Å². The summed E-state index contributed by atoms with van der Waals surface area (Å²) in [7, 11) is 0. The SMILES string of the molecule is Cc1cscc1CNC(=O)C(C)(C)O. The van der Waals surface area contributed by atoms with E-state index >= 15 is 0 Å². The van der Waals surface area contributed by atoms with Crippen molar-refractivity contribution in [3.63, 3.8) is 0 Å². The highest BCUT2D eigenvalue weighted by molar-refractivity contribution is 7.08. The monoisotopic (exact) mass is 213 g/mol. The maximum atomic E-state index is 11.3. The summed E-state index contributed by atoms with van der Waals surface area (Å²) in [5.74, 6) is -0.344. The number of rotatable bonds is 3. The van der Waals surface area contributed by atoms with Gasteiger partial charge in [-0.15, -0.1) is 0 Å². The average Bonchev–Trinajstić information content (AvgIpc) is 2.45. The molecule has 0 radical (unpaired) electrons. The number of thiophene rings is 1. The molecule has 3 nitrogen and oxygen atoms in total. The van der Waals surface area contributed by atoms with Crippen LogP contribution in [-0.4, -0.2) is 16.6 Å². The molecule has 0 aromatic carbocycles. The van der Waals surface area contributed by atoms with Gasteiger partial charge in [0.15, 0.2) is 0 Å². The lowest BCUT2D eigenvalue weighted by Gasteiger charge is -2.16. The zero-order valence-corrected chi connectivity index (χ0v) is 9.44. The summed E-state index contributed by atoms with van der Waals surface area (Å²) in [4.78, 5) is 11.3. The molecule has 0 saturated carbocycles. The molecule has 1 rings (SSSR count). The quantitative estimate of drug-likeness (QED) is 0.798. The molecule has 0 aliphatic rings. The van der Waals surface area contributed by atoms with Gasteiger partial charge in [-0.3, -0.25) is 4.79 Å². The molecule has 1 heterocycles. The molecule has 0 saturated heterocycles. The predicted molar refractivity (Wildman–Crippen MR) is 57.2 cm³/mol. The van der Waals surface area contributed by atoms with Crippen molar-refractivity contribution in [1.82, 2.24) is 5.32 Å². The van der Waals surface area contributed by atoms with Crippen molar-refractivity contribution in [2.45, 2.75) is 32.9 Å². The molecule has 4 heteroatoms. The summed E-state index contributed by atoms with van der Waals surface area (Å²) in [6.45, 7) is 5.44. The molecule has 0 aliphatic heterocycles. The molecule has 0 unspecified atom stereocenters. The van der Waals surface area contributed by atoms with Crippen molar-refractivity contribution < 1.29 is 9.90 Å². The molecule has 0 spiro atoms. The van der Waals surface area contributed by atoms with Crippen LogP contribution in [0.1, 0.15) is 25.0 Å². The van der Waals surface area contributed by atoms with E-state index in [9.17, 15) is 9.90 Å². The number of hydrogen-bond acceptors (Lipinski definition) is 3. The number of hydrogen-bond donors (Lipinski definition) is 2. The van der Waals surface area contributed by atoms with Crippen molar-refractivity contribution in [2.75, 3.05) is 0 Å². The highest BCUT2D eigenvalue weighted by Gasteiger charge is 2.23. The fourth-order valence-corrected chi connectivity index (χ4v) is 1.82. The molecule has 0 fully saturated rings. The van der Waals surface area contributed by atoms with Crippen molar-refractivity contribution in [3.8, 4) is 0 Å². The first kappa shape index (κ1) is 11.2. The number of aliphatic hydroxyl groups is 1. The van der Waals surface area contributed by atoms with Crippen LogP contribution in [0.5, 0.6) is 0 Å². The maximum absolute atomic E-state index is 11.3. The molecule has 1 aromatic rings. The first-order valence-corrected chi connectivity index (χ1v) is 5.38. The summed E-state index contributed by atoms with van der Waals surface area (Å²) in [6, 6.07) is 0. The minimum absolute atomic E-state index is 0.344. The van der Waals surface area contributed by atoms with Crippen LogP contribution >= 0.6 is 11.3 Å². The highest BCUT2D eigenvalue weighted by Crippen LogP contribution is 2.13. The van der Waals surface area contributed by atoms with Gasteiger partial charge in [-0.1, -0.05) is 0 Å². The third kappa shape index (κ3) is 2.82. The topological polar surface area (TPSA) is 49.3 Å². The van der Waals surface area contributed by atoms with Crippen molar-refractivity contribution in [1.29, 1.82) is 0 Å². The zero-order chi connectivity index (χ0) is 10.8. The summed E-state index contributed by atoms with van der Waals surface area (Å²) in [5, 5.41) is 16.1. The summed E-state index contributed by atoms with van der Waals surface area (Å²) in [6.07, 6.45) is 0. The molecular weight excluding hydrogens is 198 g/mol. The van der Waals surface area contributed by atoms with Crippen molar-refractivity contribution >= 4 is 17.2 Å². The fraction of sp³-hybridized carbons (Fsp3) is 0.500. The lowest BCUT2D eigenvalue weighted by Crippen LogP contribution is -2.41. The van der Waals surface area contributed by atoms with E-state index < -0.39 is 5.60 Å². The maximum Gasteiger partial charge on any atom is 0.251 e. The van der Waals surface area contributed by atoms with E-state index in [0.29, 0.717) is 6.54 Å². The van der Waals surface area contributed by atoms with Crippen LogP contribution in [0.4, 0.5) is 0 Å². The Balaban J connectivity index is 2.50. The Labute approximate surface area is 87.8 Å². The van der Waals surface area contributed by atoms with E-state index in [1.165, 1.54) is 19.4 Å². The number of carbonyl (C=O) groups is 1. The van der Waals surface area contributed by atoms with E-state index in [4.69, 9.17) is 0 Å². The highest BCUT2D eigenvalue weighted by atomic mass is 32.1. The third-order valence-corrected chi connectivity index (χ3v) is 2.87. The van der Waals surface area contributed by atoms with Crippen LogP contribution in [0.15, 0.2) is 10.8 Å². The lowest BCUT2D eigenvalue weighted by molar-refractivity contribution is -0.136.